The van der Waals surface area contributed by atoms with E-state index in [0.29, 0.717) is 11.5 Å². The Labute approximate surface area is 168 Å². The Bertz CT molecular complexity index is 778. The van der Waals surface area contributed by atoms with Gasteiger partial charge in [-0.15, -0.1) is 0 Å². The fourth-order valence-corrected chi connectivity index (χ4v) is 3.86. The summed E-state index contributed by atoms with van der Waals surface area (Å²) in [4.78, 5) is 50.4. The zero-order valence-corrected chi connectivity index (χ0v) is 16.5. The number of fused-ring (bicyclic) bond motifs is 1. The first-order valence-electron chi connectivity index (χ1n) is 9.62. The predicted octanol–water partition coefficient (Wildman–Crippen LogP) is 1.03. The average Bonchev–Trinajstić information content (AvgIpc) is 3.00. The van der Waals surface area contributed by atoms with Gasteiger partial charge in [0.2, 0.25) is 17.7 Å². The van der Waals surface area contributed by atoms with Crippen LogP contribution in [0.5, 0.6) is 11.5 Å². The number of carbonyl (C=O) groups is 4. The molecule has 1 aromatic rings. The number of rotatable bonds is 6. The number of imide groups is 1. The number of likely N-dealkylation sites (tertiary alicyclic amines) is 1. The Kier molecular flexibility index (Phi) is 6.36. The van der Waals surface area contributed by atoms with Crippen LogP contribution in [0.3, 0.4) is 0 Å². The lowest BCUT2D eigenvalue weighted by molar-refractivity contribution is -0.140. The largest absolute Gasteiger partial charge is 0.497 e. The minimum absolute atomic E-state index is 0.0132. The molecule has 0 bridgehead atoms. The summed E-state index contributed by atoms with van der Waals surface area (Å²) >= 11 is 0. The maximum absolute atomic E-state index is 12.4. The van der Waals surface area contributed by atoms with Gasteiger partial charge < -0.3 is 9.47 Å². The molecule has 0 aromatic heterocycles. The van der Waals surface area contributed by atoms with Crippen molar-refractivity contribution in [2.45, 2.75) is 32.1 Å². The second-order valence-corrected chi connectivity index (χ2v) is 7.18. The molecule has 9 nitrogen and oxygen atoms in total. The molecule has 1 heterocycles. The van der Waals surface area contributed by atoms with Crippen LogP contribution in [0.4, 0.5) is 0 Å². The summed E-state index contributed by atoms with van der Waals surface area (Å²) in [6.45, 7) is 0.0132. The van der Waals surface area contributed by atoms with E-state index in [1.165, 1.54) is 31.3 Å². The van der Waals surface area contributed by atoms with Gasteiger partial charge in [0, 0.05) is 24.6 Å². The van der Waals surface area contributed by atoms with E-state index < -0.39 is 11.8 Å². The van der Waals surface area contributed by atoms with E-state index in [0.717, 1.165) is 25.7 Å². The molecule has 29 heavy (non-hydrogen) atoms. The number of nitrogens with zero attached hydrogens (tertiary/aromatic N) is 1. The molecule has 2 fully saturated rings. The van der Waals surface area contributed by atoms with Gasteiger partial charge in [-0.2, -0.15) is 0 Å². The second-order valence-electron chi connectivity index (χ2n) is 7.18. The van der Waals surface area contributed by atoms with Crippen molar-refractivity contribution in [3.63, 3.8) is 0 Å². The van der Waals surface area contributed by atoms with Crippen LogP contribution in [0, 0.1) is 11.8 Å². The molecule has 2 atom stereocenters. The van der Waals surface area contributed by atoms with Crippen molar-refractivity contribution in [1.82, 2.24) is 15.8 Å². The van der Waals surface area contributed by atoms with Crippen LogP contribution in [-0.2, 0) is 14.4 Å². The number of hydrogen-bond donors (Lipinski definition) is 2. The van der Waals surface area contributed by atoms with Crippen LogP contribution in [0.1, 0.15) is 42.5 Å². The molecule has 4 amide bonds. The van der Waals surface area contributed by atoms with Crippen molar-refractivity contribution in [3.8, 4) is 11.5 Å². The molecular weight excluding hydrogens is 378 g/mol. The monoisotopic (exact) mass is 403 g/mol. The van der Waals surface area contributed by atoms with Gasteiger partial charge >= 0.3 is 0 Å². The number of hydrogen-bond acceptors (Lipinski definition) is 6. The number of hydrazine groups is 1. The van der Waals surface area contributed by atoms with Crippen LogP contribution in [0.15, 0.2) is 18.2 Å². The SMILES string of the molecule is COc1cc(OC)cc(C(=O)NNC(=O)CCN2C(=O)[C@@H]3CCCC[C@H]3C2=O)c1. The first kappa shape index (κ1) is 20.6. The summed E-state index contributed by atoms with van der Waals surface area (Å²) in [7, 11) is 2.94. The molecule has 156 valence electrons. The van der Waals surface area contributed by atoms with E-state index in [4.69, 9.17) is 9.47 Å². The predicted molar refractivity (Wildman–Crippen MR) is 102 cm³/mol. The number of nitrogens with one attached hydrogen (secondary N) is 2. The van der Waals surface area contributed by atoms with Crippen molar-refractivity contribution in [3.05, 3.63) is 23.8 Å². The molecule has 0 radical (unpaired) electrons. The van der Waals surface area contributed by atoms with Crippen molar-refractivity contribution >= 4 is 23.6 Å². The first-order chi connectivity index (χ1) is 13.9. The number of carbonyl (C=O) groups excluding carboxylic acids is 4. The van der Waals surface area contributed by atoms with Gasteiger partial charge in [0.25, 0.3) is 5.91 Å². The molecule has 1 aliphatic heterocycles. The molecule has 3 rings (SSSR count). The third kappa shape index (κ3) is 4.49. The van der Waals surface area contributed by atoms with E-state index >= 15 is 0 Å². The van der Waals surface area contributed by atoms with Gasteiger partial charge in [-0.25, -0.2) is 0 Å². The van der Waals surface area contributed by atoms with Crippen molar-refractivity contribution in [2.75, 3.05) is 20.8 Å². The number of ether oxygens (including phenoxy) is 2. The molecule has 0 spiro atoms. The van der Waals surface area contributed by atoms with E-state index in [1.54, 1.807) is 6.07 Å². The second kappa shape index (κ2) is 8.93. The van der Waals surface area contributed by atoms with Crippen molar-refractivity contribution in [2.24, 2.45) is 11.8 Å². The van der Waals surface area contributed by atoms with Gasteiger partial charge in [-0.3, -0.25) is 34.9 Å². The fraction of sp³-hybridized carbons (Fsp3) is 0.500. The molecule has 9 heteroatoms. The molecule has 2 aliphatic rings. The van der Waals surface area contributed by atoms with Crippen molar-refractivity contribution in [1.29, 1.82) is 0 Å². The van der Waals surface area contributed by atoms with Gasteiger partial charge in [-0.1, -0.05) is 12.8 Å². The Hall–Kier alpha value is -3.10. The summed E-state index contributed by atoms with van der Waals surface area (Å²) in [5.41, 5.74) is 4.86. The van der Waals surface area contributed by atoms with E-state index in [1.807, 2.05) is 0 Å². The minimum Gasteiger partial charge on any atom is -0.497 e. The van der Waals surface area contributed by atoms with Gasteiger partial charge in [0.05, 0.1) is 26.1 Å². The zero-order valence-electron chi connectivity index (χ0n) is 16.5. The molecular formula is C20H25N3O6. The van der Waals surface area contributed by atoms with Crippen LogP contribution >= 0.6 is 0 Å². The van der Waals surface area contributed by atoms with E-state index in [2.05, 4.69) is 10.9 Å². The quantitative estimate of drug-likeness (QED) is 0.542. The molecule has 1 aliphatic carbocycles. The summed E-state index contributed by atoms with van der Waals surface area (Å²) in [6.07, 6.45) is 3.29. The Morgan fingerprint density at radius 2 is 1.52 bits per heavy atom. The molecule has 1 saturated heterocycles. The standard InChI is InChI=1S/C20H25N3O6/c1-28-13-9-12(10-14(11-13)29-2)18(25)22-21-17(24)7-8-23-19(26)15-5-3-4-6-16(15)20(23)27/h9-11,15-16H,3-8H2,1-2H3,(H,21,24)(H,22,25)/t15-,16-/m1/s1. The number of methoxy groups -OCH3 is 2. The summed E-state index contributed by atoms with van der Waals surface area (Å²) in [5, 5.41) is 0. The van der Waals surface area contributed by atoms with Crippen LogP contribution in [0.25, 0.3) is 0 Å². The van der Waals surface area contributed by atoms with E-state index in [-0.39, 0.29) is 42.2 Å². The maximum atomic E-state index is 12.4. The highest BCUT2D eigenvalue weighted by Gasteiger charge is 2.47. The topological polar surface area (TPSA) is 114 Å². The summed E-state index contributed by atoms with van der Waals surface area (Å²) in [5.74, 6) is -0.996. The van der Waals surface area contributed by atoms with Crippen LogP contribution in [0.2, 0.25) is 0 Å². The molecule has 1 aromatic carbocycles. The number of amides is 4. The lowest BCUT2D eigenvalue weighted by Gasteiger charge is -2.19. The summed E-state index contributed by atoms with van der Waals surface area (Å²) in [6, 6.07) is 4.64. The fourth-order valence-electron chi connectivity index (χ4n) is 3.86. The van der Waals surface area contributed by atoms with Gasteiger partial charge in [0.15, 0.2) is 0 Å². The third-order valence-corrected chi connectivity index (χ3v) is 5.42. The molecule has 0 unspecified atom stereocenters. The molecule has 1 saturated carbocycles. The van der Waals surface area contributed by atoms with Gasteiger partial charge in [-0.05, 0) is 25.0 Å². The minimum atomic E-state index is -0.546. The highest BCUT2D eigenvalue weighted by molar-refractivity contribution is 6.05. The number of benzene rings is 1. The molecule has 2 N–H and O–H groups in total. The lowest BCUT2D eigenvalue weighted by atomic mass is 9.81. The zero-order chi connectivity index (χ0) is 21.0. The highest BCUT2D eigenvalue weighted by atomic mass is 16.5. The third-order valence-electron chi connectivity index (χ3n) is 5.42. The first-order valence-corrected chi connectivity index (χ1v) is 9.62. The van der Waals surface area contributed by atoms with Gasteiger partial charge in [0.1, 0.15) is 11.5 Å². The lowest BCUT2D eigenvalue weighted by Crippen LogP contribution is -2.43. The van der Waals surface area contributed by atoms with Crippen molar-refractivity contribution < 1.29 is 28.7 Å². The summed E-state index contributed by atoms with van der Waals surface area (Å²) < 4.78 is 10.2. The highest BCUT2D eigenvalue weighted by Crippen LogP contribution is 2.37. The Morgan fingerprint density at radius 1 is 0.966 bits per heavy atom. The average molecular weight is 403 g/mol. The normalized spacial score (nSPS) is 20.8. The van der Waals surface area contributed by atoms with E-state index in [9.17, 15) is 19.2 Å². The Balaban J connectivity index is 1.51. The smallest absolute Gasteiger partial charge is 0.269 e. The van der Waals surface area contributed by atoms with Crippen LogP contribution in [-0.4, -0.2) is 49.3 Å². The maximum Gasteiger partial charge on any atom is 0.269 e. The Morgan fingerprint density at radius 3 is 2.03 bits per heavy atom. The van der Waals surface area contributed by atoms with Crippen LogP contribution < -0.4 is 20.3 Å².